The van der Waals surface area contributed by atoms with Crippen LogP contribution in [0.15, 0.2) is 54.1 Å². The topological polar surface area (TPSA) is 119 Å². The van der Waals surface area contributed by atoms with Gasteiger partial charge in [0.25, 0.3) is 11.8 Å². The van der Waals surface area contributed by atoms with E-state index in [1.807, 2.05) is 0 Å². The largest absolute Gasteiger partial charge is 0.396 e. The van der Waals surface area contributed by atoms with Crippen LogP contribution in [-0.4, -0.2) is 46.2 Å². The van der Waals surface area contributed by atoms with Crippen LogP contribution >= 0.6 is 11.6 Å². The molecule has 0 fully saturated rings. The fraction of sp³-hybridized carbons (Fsp3) is 0.240. The molecule has 194 valence electrons. The minimum atomic E-state index is -4.59. The SMILES string of the molecule is Cc1c(Cl)cccc1NC(=O)c1cc(NC(=O)C2=CC=CCC2C(F)(F)F)cc2[nH]c(NCCO)nc12. The number of halogens is 4. The Bertz CT molecular complexity index is 1410. The third kappa shape index (κ3) is 5.78. The number of imidazole rings is 1. The van der Waals surface area contributed by atoms with Crippen LogP contribution in [0.2, 0.25) is 5.02 Å². The second kappa shape index (κ2) is 10.7. The predicted octanol–water partition coefficient (Wildman–Crippen LogP) is 5.18. The summed E-state index contributed by atoms with van der Waals surface area (Å²) in [6.07, 6.45) is -1.03. The Morgan fingerprint density at radius 2 is 2.00 bits per heavy atom. The highest BCUT2D eigenvalue weighted by Gasteiger charge is 2.43. The Labute approximate surface area is 214 Å². The van der Waals surface area contributed by atoms with Crippen molar-refractivity contribution in [2.24, 2.45) is 5.92 Å². The van der Waals surface area contributed by atoms with Crippen LogP contribution in [0, 0.1) is 12.8 Å². The number of hydrogen-bond acceptors (Lipinski definition) is 5. The molecule has 3 aromatic rings. The van der Waals surface area contributed by atoms with Gasteiger partial charge >= 0.3 is 6.18 Å². The number of aromatic nitrogens is 2. The number of H-pyrrole nitrogens is 1. The van der Waals surface area contributed by atoms with E-state index in [1.165, 1.54) is 24.3 Å². The normalized spacial score (nSPS) is 15.4. The van der Waals surface area contributed by atoms with E-state index in [0.29, 0.717) is 21.8 Å². The standard InChI is InChI=1S/C25H23ClF3N5O3/c1-13-18(26)7-4-8-19(13)32-23(37)16-11-14(12-20-21(16)34-24(33-20)30-9-10-35)31-22(36)15-5-2-3-6-17(15)25(27,28)29/h2-5,7-8,11-12,17,35H,6,9-10H2,1H3,(H,31,36)(H,32,37)(H2,30,33,34). The summed E-state index contributed by atoms with van der Waals surface area (Å²) in [6.45, 7) is 1.76. The summed E-state index contributed by atoms with van der Waals surface area (Å²) in [5.74, 6) is -3.17. The second-order valence-electron chi connectivity index (χ2n) is 8.36. The van der Waals surface area contributed by atoms with Crippen LogP contribution in [0.25, 0.3) is 11.0 Å². The number of amides is 2. The monoisotopic (exact) mass is 533 g/mol. The van der Waals surface area contributed by atoms with Crippen LogP contribution in [-0.2, 0) is 4.79 Å². The molecule has 0 saturated heterocycles. The Morgan fingerprint density at radius 1 is 1.22 bits per heavy atom. The second-order valence-corrected chi connectivity index (χ2v) is 8.76. The Kier molecular flexibility index (Phi) is 7.55. The van der Waals surface area contributed by atoms with Crippen LogP contribution in [0.3, 0.4) is 0 Å². The highest BCUT2D eigenvalue weighted by Crippen LogP contribution is 2.37. The predicted molar refractivity (Wildman–Crippen MR) is 136 cm³/mol. The lowest BCUT2D eigenvalue weighted by atomic mass is 9.90. The van der Waals surface area contributed by atoms with Gasteiger partial charge in [0.1, 0.15) is 5.52 Å². The fourth-order valence-corrected chi connectivity index (χ4v) is 4.10. The summed E-state index contributed by atoms with van der Waals surface area (Å²) < 4.78 is 40.5. The Hall–Kier alpha value is -3.83. The number of nitrogens with one attached hydrogen (secondary N) is 4. The number of carbonyl (C=O) groups excluding carboxylic acids is 2. The van der Waals surface area contributed by atoms with Crippen LogP contribution in [0.5, 0.6) is 0 Å². The molecule has 0 spiro atoms. The number of aromatic amines is 1. The first-order chi connectivity index (χ1) is 17.6. The number of aliphatic hydroxyl groups is 1. The summed E-state index contributed by atoms with van der Waals surface area (Å²) in [6, 6.07) is 7.83. The summed E-state index contributed by atoms with van der Waals surface area (Å²) in [4.78, 5) is 33.5. The molecule has 1 unspecified atom stereocenters. The smallest absolute Gasteiger partial charge is 0.395 e. The zero-order valence-corrected chi connectivity index (χ0v) is 20.3. The van der Waals surface area contributed by atoms with Gasteiger partial charge in [0, 0.05) is 28.5 Å². The lowest BCUT2D eigenvalue weighted by Gasteiger charge is -2.23. The molecular weight excluding hydrogens is 511 g/mol. The molecule has 8 nitrogen and oxygen atoms in total. The minimum absolute atomic E-state index is 0.0605. The van der Waals surface area contributed by atoms with Crippen molar-refractivity contribution >= 4 is 51.8 Å². The quantitative estimate of drug-likeness (QED) is 0.286. The molecule has 0 radical (unpaired) electrons. The molecule has 0 saturated carbocycles. The number of fused-ring (bicyclic) bond motifs is 1. The van der Waals surface area contributed by atoms with Gasteiger partial charge < -0.3 is 26.0 Å². The van der Waals surface area contributed by atoms with E-state index >= 15 is 0 Å². The van der Waals surface area contributed by atoms with E-state index in [-0.39, 0.29) is 42.3 Å². The number of carbonyl (C=O) groups is 2. The zero-order valence-electron chi connectivity index (χ0n) is 19.5. The van der Waals surface area contributed by atoms with Crippen molar-refractivity contribution in [1.82, 2.24) is 9.97 Å². The molecule has 5 N–H and O–H groups in total. The molecule has 0 aliphatic heterocycles. The third-order valence-electron chi connectivity index (χ3n) is 5.83. The molecule has 2 aromatic carbocycles. The molecule has 1 atom stereocenters. The van der Waals surface area contributed by atoms with Crippen molar-refractivity contribution in [1.29, 1.82) is 0 Å². The van der Waals surface area contributed by atoms with Crippen molar-refractivity contribution < 1.29 is 27.9 Å². The van der Waals surface area contributed by atoms with Gasteiger partial charge in [-0.1, -0.05) is 35.9 Å². The highest BCUT2D eigenvalue weighted by atomic mass is 35.5. The molecule has 1 aromatic heterocycles. The maximum Gasteiger partial charge on any atom is 0.396 e. The first-order valence-corrected chi connectivity index (χ1v) is 11.7. The van der Waals surface area contributed by atoms with Crippen LogP contribution in [0.4, 0.5) is 30.5 Å². The van der Waals surface area contributed by atoms with Crippen LogP contribution < -0.4 is 16.0 Å². The van der Waals surface area contributed by atoms with E-state index < -0.39 is 29.5 Å². The average molecular weight is 534 g/mol. The van der Waals surface area contributed by atoms with Crippen molar-refractivity contribution in [2.45, 2.75) is 19.5 Å². The van der Waals surface area contributed by atoms with E-state index in [0.717, 1.165) is 6.08 Å². The number of aliphatic hydroxyl groups excluding tert-OH is 1. The molecule has 2 amide bonds. The summed E-state index contributed by atoms with van der Waals surface area (Å²) >= 11 is 6.16. The molecule has 37 heavy (non-hydrogen) atoms. The van der Waals surface area contributed by atoms with E-state index in [9.17, 15) is 22.8 Å². The lowest BCUT2D eigenvalue weighted by Crippen LogP contribution is -2.31. The number of anilines is 3. The maximum atomic E-state index is 13.5. The van der Waals surface area contributed by atoms with Crippen LogP contribution in [0.1, 0.15) is 22.3 Å². The molecule has 1 aliphatic rings. The van der Waals surface area contributed by atoms with Gasteiger partial charge in [-0.2, -0.15) is 13.2 Å². The van der Waals surface area contributed by atoms with E-state index in [2.05, 4.69) is 25.9 Å². The fourth-order valence-electron chi connectivity index (χ4n) is 3.93. The van der Waals surface area contributed by atoms with Gasteiger partial charge in [-0.05, 0) is 43.2 Å². The number of rotatable bonds is 7. The van der Waals surface area contributed by atoms with Gasteiger partial charge in [0.15, 0.2) is 0 Å². The molecule has 1 heterocycles. The Balaban J connectivity index is 1.70. The lowest BCUT2D eigenvalue weighted by molar-refractivity contribution is -0.165. The van der Waals surface area contributed by atoms with Crippen molar-refractivity contribution in [3.8, 4) is 0 Å². The molecular formula is C25H23ClF3N5O3. The van der Waals surface area contributed by atoms with Crippen molar-refractivity contribution in [3.63, 3.8) is 0 Å². The van der Waals surface area contributed by atoms with E-state index in [1.54, 1.807) is 25.1 Å². The average Bonchev–Trinajstić information content (AvgIpc) is 3.27. The van der Waals surface area contributed by atoms with Crippen molar-refractivity contribution in [3.05, 3.63) is 70.3 Å². The van der Waals surface area contributed by atoms with Gasteiger partial charge in [-0.3, -0.25) is 9.59 Å². The highest BCUT2D eigenvalue weighted by molar-refractivity contribution is 6.31. The number of benzene rings is 2. The number of alkyl halides is 3. The van der Waals surface area contributed by atoms with Gasteiger partial charge in [0.2, 0.25) is 5.95 Å². The third-order valence-corrected chi connectivity index (χ3v) is 6.24. The van der Waals surface area contributed by atoms with E-state index in [4.69, 9.17) is 16.7 Å². The summed E-state index contributed by atoms with van der Waals surface area (Å²) in [5, 5.41) is 17.6. The van der Waals surface area contributed by atoms with Crippen molar-refractivity contribution in [2.75, 3.05) is 29.1 Å². The van der Waals surface area contributed by atoms with Gasteiger partial charge in [-0.15, -0.1) is 0 Å². The number of hydrogen-bond donors (Lipinski definition) is 5. The molecule has 1 aliphatic carbocycles. The Morgan fingerprint density at radius 3 is 2.73 bits per heavy atom. The summed E-state index contributed by atoms with van der Waals surface area (Å²) in [5.41, 5.74) is 1.43. The first-order valence-electron chi connectivity index (χ1n) is 11.3. The number of allylic oxidation sites excluding steroid dienone is 3. The maximum absolute atomic E-state index is 13.5. The van der Waals surface area contributed by atoms with Gasteiger partial charge in [-0.25, -0.2) is 4.98 Å². The zero-order chi connectivity index (χ0) is 26.7. The molecule has 4 rings (SSSR count). The van der Waals surface area contributed by atoms with Gasteiger partial charge in [0.05, 0.1) is 23.6 Å². The first kappa shape index (κ1) is 26.2. The molecule has 12 heteroatoms. The number of nitrogens with zero attached hydrogens (tertiary/aromatic N) is 1. The minimum Gasteiger partial charge on any atom is -0.395 e. The summed E-state index contributed by atoms with van der Waals surface area (Å²) in [7, 11) is 0. The molecule has 0 bridgehead atoms.